The highest BCUT2D eigenvalue weighted by atomic mass is 16.5. The van der Waals surface area contributed by atoms with E-state index in [0.717, 1.165) is 56.7 Å². The fourth-order valence-corrected chi connectivity index (χ4v) is 4.10. The molecule has 0 bridgehead atoms. The molecule has 160 valence electrons. The largest absolute Gasteiger partial charge is 0.368 e. The Morgan fingerprint density at radius 2 is 2.13 bits per heavy atom. The number of benzene rings is 1. The third-order valence-corrected chi connectivity index (χ3v) is 5.78. The van der Waals surface area contributed by atoms with E-state index >= 15 is 0 Å². The number of ether oxygens (including phenoxy) is 1. The lowest BCUT2D eigenvalue weighted by Gasteiger charge is -2.18. The average molecular weight is 412 g/mol. The first kappa shape index (κ1) is 20.5. The molecular weight excluding hydrogens is 382 g/mol. The predicted molar refractivity (Wildman–Crippen MR) is 112 cm³/mol. The van der Waals surface area contributed by atoms with Crippen LogP contribution in [0.3, 0.4) is 0 Å². The molecular formula is C22H29N5O3. The van der Waals surface area contributed by atoms with E-state index < -0.39 is 6.10 Å². The number of aryl methyl sites for hydroxylation is 1. The van der Waals surface area contributed by atoms with Crippen molar-refractivity contribution < 1.29 is 14.3 Å². The first-order valence-electron chi connectivity index (χ1n) is 10.9. The maximum absolute atomic E-state index is 12.9. The van der Waals surface area contributed by atoms with Crippen molar-refractivity contribution in [1.29, 1.82) is 0 Å². The Kier molecular flexibility index (Phi) is 6.42. The molecule has 0 spiro atoms. The van der Waals surface area contributed by atoms with Crippen LogP contribution in [0.25, 0.3) is 0 Å². The van der Waals surface area contributed by atoms with Gasteiger partial charge in [0.15, 0.2) is 5.82 Å². The highest BCUT2D eigenvalue weighted by molar-refractivity contribution is 5.98. The van der Waals surface area contributed by atoms with Gasteiger partial charge in [0.25, 0.3) is 11.8 Å². The number of fused-ring (bicyclic) bond motifs is 1. The van der Waals surface area contributed by atoms with E-state index in [1.165, 1.54) is 6.42 Å². The lowest BCUT2D eigenvalue weighted by atomic mass is 10.1. The van der Waals surface area contributed by atoms with E-state index in [-0.39, 0.29) is 17.9 Å². The van der Waals surface area contributed by atoms with Crippen molar-refractivity contribution in [2.75, 3.05) is 11.9 Å². The van der Waals surface area contributed by atoms with Crippen LogP contribution < -0.4 is 10.6 Å². The van der Waals surface area contributed by atoms with Crippen molar-refractivity contribution in [1.82, 2.24) is 20.1 Å². The molecule has 2 atom stereocenters. The van der Waals surface area contributed by atoms with Crippen molar-refractivity contribution >= 4 is 17.5 Å². The molecule has 1 saturated heterocycles. The summed E-state index contributed by atoms with van der Waals surface area (Å²) in [5.74, 6) is 1.48. The van der Waals surface area contributed by atoms with Gasteiger partial charge in [0.05, 0.1) is 6.04 Å². The van der Waals surface area contributed by atoms with E-state index in [0.29, 0.717) is 17.9 Å². The van der Waals surface area contributed by atoms with Crippen LogP contribution in [0.4, 0.5) is 5.69 Å². The Balaban J connectivity index is 1.45. The minimum absolute atomic E-state index is 0.164. The molecule has 30 heavy (non-hydrogen) atoms. The summed E-state index contributed by atoms with van der Waals surface area (Å²) in [5.41, 5.74) is 1.08. The summed E-state index contributed by atoms with van der Waals surface area (Å²) in [7, 11) is 0. The highest BCUT2D eigenvalue weighted by Crippen LogP contribution is 2.22. The highest BCUT2D eigenvalue weighted by Gasteiger charge is 2.25. The molecule has 2 amide bonds. The van der Waals surface area contributed by atoms with Gasteiger partial charge in [-0.3, -0.25) is 9.59 Å². The lowest BCUT2D eigenvalue weighted by Crippen LogP contribution is -2.31. The molecule has 2 aliphatic rings. The number of rotatable bonds is 6. The molecule has 0 radical (unpaired) electrons. The standard InChI is InChI=1S/C22H29N5O3/c1-2-17(20-26-25-19-11-4-3-5-12-27(19)20)24-21(28)15-8-6-9-16(14-15)23-22(29)18-10-7-13-30-18/h6,8-9,14,17-18H,2-5,7,10-13H2,1H3,(H,23,29)(H,24,28). The second-order valence-electron chi connectivity index (χ2n) is 7.94. The molecule has 1 fully saturated rings. The molecule has 8 nitrogen and oxygen atoms in total. The summed E-state index contributed by atoms with van der Waals surface area (Å²) < 4.78 is 7.59. The van der Waals surface area contributed by atoms with Crippen LogP contribution in [0.2, 0.25) is 0 Å². The number of aromatic nitrogens is 3. The zero-order chi connectivity index (χ0) is 20.9. The van der Waals surface area contributed by atoms with Crippen molar-refractivity contribution in [3.8, 4) is 0 Å². The lowest BCUT2D eigenvalue weighted by molar-refractivity contribution is -0.124. The van der Waals surface area contributed by atoms with E-state index in [2.05, 4.69) is 25.4 Å². The molecule has 2 aromatic rings. The van der Waals surface area contributed by atoms with Gasteiger partial charge in [0, 0.05) is 30.8 Å². The molecule has 1 aromatic carbocycles. The number of nitrogens with zero attached hydrogens (tertiary/aromatic N) is 3. The maximum Gasteiger partial charge on any atom is 0.253 e. The summed E-state index contributed by atoms with van der Waals surface area (Å²) >= 11 is 0. The minimum Gasteiger partial charge on any atom is -0.368 e. The van der Waals surface area contributed by atoms with Gasteiger partial charge in [-0.25, -0.2) is 0 Å². The van der Waals surface area contributed by atoms with Crippen LogP contribution in [-0.2, 0) is 22.5 Å². The topological polar surface area (TPSA) is 98.1 Å². The summed E-state index contributed by atoms with van der Waals surface area (Å²) in [6, 6.07) is 6.78. The fraction of sp³-hybridized carbons (Fsp3) is 0.545. The van der Waals surface area contributed by atoms with Gasteiger partial charge in [0.2, 0.25) is 0 Å². The summed E-state index contributed by atoms with van der Waals surface area (Å²) in [6.07, 6.45) is 6.30. The van der Waals surface area contributed by atoms with Crippen LogP contribution in [-0.4, -0.2) is 39.3 Å². The molecule has 2 aliphatic heterocycles. The van der Waals surface area contributed by atoms with Gasteiger partial charge in [-0.1, -0.05) is 19.4 Å². The molecule has 0 saturated carbocycles. The number of nitrogens with one attached hydrogen (secondary N) is 2. The van der Waals surface area contributed by atoms with E-state index in [9.17, 15) is 9.59 Å². The van der Waals surface area contributed by atoms with Crippen molar-refractivity contribution in [2.45, 2.75) is 70.6 Å². The number of hydrogen-bond acceptors (Lipinski definition) is 5. The first-order chi connectivity index (χ1) is 14.7. The average Bonchev–Trinajstić information content (AvgIpc) is 3.38. The second kappa shape index (κ2) is 9.38. The number of amides is 2. The third kappa shape index (κ3) is 4.53. The first-order valence-corrected chi connectivity index (χ1v) is 10.9. The van der Waals surface area contributed by atoms with Gasteiger partial charge in [-0.05, 0) is 50.3 Å². The van der Waals surface area contributed by atoms with Crippen molar-refractivity contribution in [2.24, 2.45) is 0 Å². The normalized spacial score (nSPS) is 19.6. The van der Waals surface area contributed by atoms with Gasteiger partial charge in [0.1, 0.15) is 11.9 Å². The van der Waals surface area contributed by atoms with Crippen LogP contribution >= 0.6 is 0 Å². The summed E-state index contributed by atoms with van der Waals surface area (Å²) in [4.78, 5) is 25.2. The number of hydrogen-bond donors (Lipinski definition) is 2. The molecule has 2 N–H and O–H groups in total. The molecule has 8 heteroatoms. The van der Waals surface area contributed by atoms with Gasteiger partial charge >= 0.3 is 0 Å². The quantitative estimate of drug-likeness (QED) is 0.761. The Morgan fingerprint density at radius 3 is 2.93 bits per heavy atom. The summed E-state index contributed by atoms with van der Waals surface area (Å²) in [6.45, 7) is 3.54. The second-order valence-corrected chi connectivity index (χ2v) is 7.94. The Morgan fingerprint density at radius 1 is 1.23 bits per heavy atom. The zero-order valence-corrected chi connectivity index (χ0v) is 17.4. The van der Waals surface area contributed by atoms with E-state index in [1.54, 1.807) is 24.3 Å². The maximum atomic E-state index is 12.9. The van der Waals surface area contributed by atoms with Crippen LogP contribution in [0.5, 0.6) is 0 Å². The SMILES string of the molecule is CCC(NC(=O)c1cccc(NC(=O)C2CCCO2)c1)c1nnc2n1CCCCC2. The monoisotopic (exact) mass is 411 g/mol. The van der Waals surface area contributed by atoms with Crippen molar-refractivity contribution in [3.63, 3.8) is 0 Å². The van der Waals surface area contributed by atoms with Crippen LogP contribution in [0, 0.1) is 0 Å². The molecule has 1 aromatic heterocycles. The smallest absolute Gasteiger partial charge is 0.253 e. The number of carbonyl (C=O) groups excluding carboxylic acids is 2. The minimum atomic E-state index is -0.407. The molecule has 2 unspecified atom stereocenters. The number of carbonyl (C=O) groups is 2. The Hall–Kier alpha value is -2.74. The van der Waals surface area contributed by atoms with Gasteiger partial charge in [-0.15, -0.1) is 10.2 Å². The van der Waals surface area contributed by atoms with Gasteiger partial charge < -0.3 is 19.9 Å². The molecule has 0 aliphatic carbocycles. The van der Waals surface area contributed by atoms with Crippen LogP contribution in [0.15, 0.2) is 24.3 Å². The zero-order valence-electron chi connectivity index (χ0n) is 17.4. The van der Waals surface area contributed by atoms with Gasteiger partial charge in [-0.2, -0.15) is 0 Å². The number of anilines is 1. The van der Waals surface area contributed by atoms with Crippen LogP contribution in [0.1, 0.15) is 73.5 Å². The molecule has 4 rings (SSSR count). The summed E-state index contributed by atoms with van der Waals surface area (Å²) in [5, 5.41) is 14.7. The third-order valence-electron chi connectivity index (χ3n) is 5.78. The Labute approximate surface area is 176 Å². The predicted octanol–water partition coefficient (Wildman–Crippen LogP) is 3.00. The molecule has 3 heterocycles. The van der Waals surface area contributed by atoms with E-state index in [1.807, 2.05) is 6.92 Å². The van der Waals surface area contributed by atoms with Crippen molar-refractivity contribution in [3.05, 3.63) is 41.5 Å². The Bertz CT molecular complexity index is 904. The van der Waals surface area contributed by atoms with E-state index in [4.69, 9.17) is 4.74 Å². The fourth-order valence-electron chi connectivity index (χ4n) is 4.10.